The van der Waals surface area contributed by atoms with E-state index >= 15 is 0 Å². The molecule has 5 unspecified atom stereocenters. The van der Waals surface area contributed by atoms with E-state index in [1.807, 2.05) is 12.1 Å². The van der Waals surface area contributed by atoms with Crippen molar-refractivity contribution < 1.29 is 44.1 Å². The van der Waals surface area contributed by atoms with Crippen molar-refractivity contribution >= 4 is 10.8 Å². The number of fused-ring (bicyclic) bond motifs is 4. The number of hydrogen-bond acceptors (Lipinski definition) is 9. The second-order valence-electron chi connectivity index (χ2n) is 11.5. The highest BCUT2D eigenvalue weighted by molar-refractivity contribution is 5.95. The van der Waals surface area contributed by atoms with Gasteiger partial charge < -0.3 is 44.1 Å². The number of phenolic OH excluding ortho intramolecular Hbond substituents is 2. The summed E-state index contributed by atoms with van der Waals surface area (Å²) in [4.78, 5) is 0. The van der Waals surface area contributed by atoms with Gasteiger partial charge in [-0.1, -0.05) is 12.1 Å². The molecule has 9 heteroatoms. The quantitative estimate of drug-likeness (QED) is 0.185. The first kappa shape index (κ1) is 29.9. The summed E-state index contributed by atoms with van der Waals surface area (Å²) in [6, 6.07) is 17.4. The van der Waals surface area contributed by atoms with Gasteiger partial charge in [0.25, 0.3) is 0 Å². The lowest BCUT2D eigenvalue weighted by Gasteiger charge is -2.45. The molecule has 232 valence electrons. The molecule has 0 radical (unpaired) electrons. The van der Waals surface area contributed by atoms with E-state index in [1.165, 1.54) is 0 Å². The van der Waals surface area contributed by atoms with Crippen LogP contribution < -0.4 is 18.9 Å². The van der Waals surface area contributed by atoms with Crippen LogP contribution in [0.2, 0.25) is 0 Å². The summed E-state index contributed by atoms with van der Waals surface area (Å²) in [5.74, 6) is 1.42. The Morgan fingerprint density at radius 3 is 2.36 bits per heavy atom. The molecule has 0 amide bonds. The van der Waals surface area contributed by atoms with Crippen LogP contribution in [0.15, 0.2) is 60.7 Å². The SMILES string of the molecule is COCCCC1Oc2c(cc(OC)c3cc(O)ccc23)C(O)C1C1COc2c(Cc3cccc(O)c3)cc(OC)cc2C1O. The van der Waals surface area contributed by atoms with Crippen LogP contribution in [0.25, 0.3) is 10.8 Å². The number of aliphatic hydroxyl groups excluding tert-OH is 2. The molecule has 0 saturated heterocycles. The number of ether oxygens (including phenoxy) is 5. The monoisotopic (exact) mass is 602 g/mol. The van der Waals surface area contributed by atoms with Crippen LogP contribution in [0, 0.1) is 11.8 Å². The third-order valence-electron chi connectivity index (χ3n) is 8.85. The third-order valence-corrected chi connectivity index (χ3v) is 8.85. The van der Waals surface area contributed by atoms with Crippen molar-refractivity contribution in [1.82, 2.24) is 0 Å². The van der Waals surface area contributed by atoms with Crippen LogP contribution in [0.3, 0.4) is 0 Å². The fourth-order valence-electron chi connectivity index (χ4n) is 6.76. The smallest absolute Gasteiger partial charge is 0.133 e. The minimum absolute atomic E-state index is 0.0987. The number of rotatable bonds is 9. The van der Waals surface area contributed by atoms with E-state index in [1.54, 1.807) is 69.9 Å². The molecule has 4 aromatic carbocycles. The van der Waals surface area contributed by atoms with Crippen LogP contribution in [0.4, 0.5) is 0 Å². The van der Waals surface area contributed by atoms with Gasteiger partial charge in [0.1, 0.15) is 40.6 Å². The lowest BCUT2D eigenvalue weighted by atomic mass is 9.72. The van der Waals surface area contributed by atoms with Gasteiger partial charge in [-0.2, -0.15) is 0 Å². The molecule has 4 N–H and O–H groups in total. The zero-order valence-corrected chi connectivity index (χ0v) is 25.0. The van der Waals surface area contributed by atoms with Crippen LogP contribution in [0.1, 0.15) is 47.3 Å². The van der Waals surface area contributed by atoms with Gasteiger partial charge in [-0.3, -0.25) is 0 Å². The minimum atomic E-state index is -0.999. The number of benzene rings is 4. The Balaban J connectivity index is 1.40. The average Bonchev–Trinajstić information content (AvgIpc) is 3.01. The first-order valence-corrected chi connectivity index (χ1v) is 14.8. The number of hydrogen-bond donors (Lipinski definition) is 4. The molecule has 4 aromatic rings. The predicted molar refractivity (Wildman–Crippen MR) is 164 cm³/mol. The fourth-order valence-corrected chi connectivity index (χ4v) is 6.76. The van der Waals surface area contributed by atoms with Gasteiger partial charge in [0.2, 0.25) is 0 Å². The highest BCUT2D eigenvalue weighted by atomic mass is 16.5. The molecule has 0 bridgehead atoms. The summed E-state index contributed by atoms with van der Waals surface area (Å²) in [7, 11) is 4.77. The molecule has 2 aliphatic rings. The van der Waals surface area contributed by atoms with Gasteiger partial charge in [-0.15, -0.1) is 0 Å². The zero-order valence-electron chi connectivity index (χ0n) is 25.0. The van der Waals surface area contributed by atoms with Crippen molar-refractivity contribution in [1.29, 1.82) is 0 Å². The Kier molecular flexibility index (Phi) is 8.44. The van der Waals surface area contributed by atoms with Crippen LogP contribution in [-0.2, 0) is 11.2 Å². The second-order valence-corrected chi connectivity index (χ2v) is 11.5. The molecule has 9 nitrogen and oxygen atoms in total. The van der Waals surface area contributed by atoms with E-state index < -0.39 is 30.1 Å². The zero-order chi connectivity index (χ0) is 31.0. The Morgan fingerprint density at radius 1 is 0.818 bits per heavy atom. The highest BCUT2D eigenvalue weighted by Gasteiger charge is 2.48. The molecule has 0 aromatic heterocycles. The molecular weight excluding hydrogens is 564 g/mol. The van der Waals surface area contributed by atoms with E-state index in [-0.39, 0.29) is 18.1 Å². The van der Waals surface area contributed by atoms with Gasteiger partial charge in [-0.25, -0.2) is 0 Å². The van der Waals surface area contributed by atoms with Gasteiger partial charge >= 0.3 is 0 Å². The number of phenols is 2. The lowest BCUT2D eigenvalue weighted by Crippen LogP contribution is -2.46. The van der Waals surface area contributed by atoms with Crippen molar-refractivity contribution in [3.8, 4) is 34.5 Å². The largest absolute Gasteiger partial charge is 0.508 e. The maximum atomic E-state index is 12.0. The number of methoxy groups -OCH3 is 3. The van der Waals surface area contributed by atoms with Crippen LogP contribution in [-0.4, -0.2) is 61.1 Å². The van der Waals surface area contributed by atoms with E-state index in [0.717, 1.165) is 16.5 Å². The van der Waals surface area contributed by atoms with Gasteiger partial charge in [0.05, 0.1) is 33.0 Å². The summed E-state index contributed by atoms with van der Waals surface area (Å²) >= 11 is 0. The summed E-state index contributed by atoms with van der Waals surface area (Å²) in [5.41, 5.74) is 2.85. The third kappa shape index (κ3) is 5.47. The Hall–Kier alpha value is -4.18. The molecular formula is C35H38O9. The maximum Gasteiger partial charge on any atom is 0.133 e. The van der Waals surface area contributed by atoms with E-state index in [9.17, 15) is 20.4 Å². The van der Waals surface area contributed by atoms with Crippen molar-refractivity contribution in [2.24, 2.45) is 11.8 Å². The average molecular weight is 603 g/mol. The maximum absolute atomic E-state index is 12.0. The fraction of sp³-hybridized carbons (Fsp3) is 0.371. The van der Waals surface area contributed by atoms with Crippen molar-refractivity contribution in [3.63, 3.8) is 0 Å². The normalized spacial score (nSPS) is 22.4. The van der Waals surface area contributed by atoms with Gasteiger partial charge in [0.15, 0.2) is 0 Å². The highest BCUT2D eigenvalue weighted by Crippen LogP contribution is 2.53. The Bertz CT molecular complexity index is 1650. The molecule has 44 heavy (non-hydrogen) atoms. The topological polar surface area (TPSA) is 127 Å². The van der Waals surface area contributed by atoms with Crippen LogP contribution >= 0.6 is 0 Å². The molecule has 0 fully saturated rings. The number of aliphatic hydroxyl groups is 2. The van der Waals surface area contributed by atoms with Crippen molar-refractivity contribution in [3.05, 3.63) is 82.9 Å². The van der Waals surface area contributed by atoms with E-state index in [0.29, 0.717) is 65.4 Å². The Morgan fingerprint density at radius 2 is 1.61 bits per heavy atom. The molecule has 6 rings (SSSR count). The number of aromatic hydroxyl groups is 2. The van der Waals surface area contributed by atoms with Crippen molar-refractivity contribution in [2.75, 3.05) is 34.5 Å². The molecule has 0 aliphatic carbocycles. The van der Waals surface area contributed by atoms with E-state index in [4.69, 9.17) is 23.7 Å². The van der Waals surface area contributed by atoms with Crippen molar-refractivity contribution in [2.45, 2.75) is 37.6 Å². The minimum Gasteiger partial charge on any atom is -0.508 e. The second kappa shape index (κ2) is 12.4. The van der Waals surface area contributed by atoms with Crippen LogP contribution in [0.5, 0.6) is 34.5 Å². The molecule has 0 saturated carbocycles. The summed E-state index contributed by atoms with van der Waals surface area (Å²) in [6.07, 6.45) is -0.698. The molecule has 2 heterocycles. The first-order chi connectivity index (χ1) is 21.3. The summed E-state index contributed by atoms with van der Waals surface area (Å²) in [5, 5.41) is 45.6. The standard InChI is InChI=1S/C35H38O9/c1-40-11-5-8-29-31(33(39)27-17-30(42-3)25-15-22(37)9-10-24(25)35(27)44-29)28-18-43-34-20(12-19-6-4-7-21(36)13-19)14-23(41-2)16-26(34)32(28)38/h4,6-7,9-10,13-17,28-29,31-33,36-39H,5,8,11-12,18H2,1-3H3. The summed E-state index contributed by atoms with van der Waals surface area (Å²) < 4.78 is 29.7. The molecule has 5 atom stereocenters. The summed E-state index contributed by atoms with van der Waals surface area (Å²) in [6.45, 7) is 0.683. The van der Waals surface area contributed by atoms with Gasteiger partial charge in [0, 0.05) is 59.4 Å². The van der Waals surface area contributed by atoms with Gasteiger partial charge in [-0.05, 0) is 66.9 Å². The Labute approximate surface area is 256 Å². The predicted octanol–water partition coefficient (Wildman–Crippen LogP) is 5.44. The lowest BCUT2D eigenvalue weighted by molar-refractivity contribution is -0.0883. The molecule has 2 aliphatic heterocycles. The van der Waals surface area contributed by atoms with E-state index in [2.05, 4.69) is 0 Å². The first-order valence-electron chi connectivity index (χ1n) is 14.8. The molecule has 0 spiro atoms.